The molecule has 128 valence electrons. The van der Waals surface area contributed by atoms with Gasteiger partial charge in [-0.3, -0.25) is 19.4 Å². The first-order valence-electron chi connectivity index (χ1n) is 8.83. The minimum Gasteiger partial charge on any atom is -0.338 e. The number of hydrogen-bond donors (Lipinski definition) is 0. The SMILES string of the molecule is O=C1C2CCCCC2C(=O)N1CN1CCN(c2ncccn2)CC1. The summed E-state index contributed by atoms with van der Waals surface area (Å²) >= 11 is 0. The molecule has 1 saturated carbocycles. The molecule has 3 fully saturated rings. The molecule has 7 heteroatoms. The second kappa shape index (κ2) is 6.47. The van der Waals surface area contributed by atoms with Gasteiger partial charge in [0.1, 0.15) is 0 Å². The zero-order valence-corrected chi connectivity index (χ0v) is 13.8. The van der Waals surface area contributed by atoms with E-state index in [0.29, 0.717) is 6.67 Å². The molecule has 3 aliphatic rings. The summed E-state index contributed by atoms with van der Waals surface area (Å²) in [7, 11) is 0. The lowest BCUT2D eigenvalue weighted by Crippen LogP contribution is -2.51. The summed E-state index contributed by atoms with van der Waals surface area (Å²) in [5.41, 5.74) is 0. The van der Waals surface area contributed by atoms with Crippen LogP contribution in [0.2, 0.25) is 0 Å². The van der Waals surface area contributed by atoms with Gasteiger partial charge in [0.05, 0.1) is 18.5 Å². The molecule has 0 bridgehead atoms. The number of carbonyl (C=O) groups excluding carboxylic acids is 2. The summed E-state index contributed by atoms with van der Waals surface area (Å²) in [5.74, 6) is 0.754. The molecule has 2 aliphatic heterocycles. The van der Waals surface area contributed by atoms with Gasteiger partial charge in [-0.25, -0.2) is 9.97 Å². The highest BCUT2D eigenvalue weighted by Crippen LogP contribution is 2.38. The van der Waals surface area contributed by atoms with Crippen LogP contribution in [-0.4, -0.2) is 64.4 Å². The third-order valence-electron chi connectivity index (χ3n) is 5.48. The van der Waals surface area contributed by atoms with Crippen LogP contribution in [0.4, 0.5) is 5.95 Å². The maximum absolute atomic E-state index is 12.6. The van der Waals surface area contributed by atoms with Crippen LogP contribution in [0.25, 0.3) is 0 Å². The van der Waals surface area contributed by atoms with Crippen molar-refractivity contribution in [2.24, 2.45) is 11.8 Å². The lowest BCUT2D eigenvalue weighted by Gasteiger charge is -2.36. The molecule has 0 spiro atoms. The molecular formula is C17H23N5O2. The molecule has 0 N–H and O–H groups in total. The predicted molar refractivity (Wildman–Crippen MR) is 88.0 cm³/mol. The van der Waals surface area contributed by atoms with Crippen LogP contribution in [0.15, 0.2) is 18.5 Å². The maximum Gasteiger partial charge on any atom is 0.234 e. The fourth-order valence-electron chi connectivity index (χ4n) is 4.11. The fourth-order valence-corrected chi connectivity index (χ4v) is 4.11. The molecule has 2 unspecified atom stereocenters. The van der Waals surface area contributed by atoms with Crippen LogP contribution < -0.4 is 4.90 Å². The number of hydrogen-bond acceptors (Lipinski definition) is 6. The van der Waals surface area contributed by atoms with Crippen LogP contribution in [0.3, 0.4) is 0 Å². The Labute approximate surface area is 141 Å². The number of carbonyl (C=O) groups is 2. The lowest BCUT2D eigenvalue weighted by molar-refractivity contribution is -0.142. The zero-order valence-electron chi connectivity index (χ0n) is 13.8. The van der Waals surface area contributed by atoms with Gasteiger partial charge in [0.15, 0.2) is 0 Å². The van der Waals surface area contributed by atoms with Gasteiger partial charge in [0.25, 0.3) is 0 Å². The van der Waals surface area contributed by atoms with Crippen molar-refractivity contribution in [2.75, 3.05) is 37.7 Å². The van der Waals surface area contributed by atoms with Crippen molar-refractivity contribution in [3.8, 4) is 0 Å². The number of likely N-dealkylation sites (tertiary alicyclic amines) is 1. The van der Waals surface area contributed by atoms with E-state index in [1.807, 2.05) is 6.07 Å². The van der Waals surface area contributed by atoms with E-state index in [0.717, 1.165) is 57.8 Å². The average molecular weight is 329 g/mol. The normalized spacial score (nSPS) is 28.3. The largest absolute Gasteiger partial charge is 0.338 e. The quantitative estimate of drug-likeness (QED) is 0.762. The van der Waals surface area contributed by atoms with Crippen LogP contribution in [-0.2, 0) is 9.59 Å². The van der Waals surface area contributed by atoms with Crippen LogP contribution >= 0.6 is 0 Å². The van der Waals surface area contributed by atoms with E-state index in [9.17, 15) is 9.59 Å². The molecule has 7 nitrogen and oxygen atoms in total. The Kier molecular flexibility index (Phi) is 4.18. The van der Waals surface area contributed by atoms with E-state index in [-0.39, 0.29) is 23.7 Å². The highest BCUT2D eigenvalue weighted by molar-refractivity contribution is 6.05. The number of rotatable bonds is 3. The van der Waals surface area contributed by atoms with E-state index >= 15 is 0 Å². The second-order valence-corrected chi connectivity index (χ2v) is 6.90. The third kappa shape index (κ3) is 2.77. The number of nitrogens with zero attached hydrogens (tertiary/aromatic N) is 5. The Bertz CT molecular complexity index is 591. The zero-order chi connectivity index (χ0) is 16.5. The van der Waals surface area contributed by atoms with E-state index in [2.05, 4.69) is 19.8 Å². The van der Waals surface area contributed by atoms with Gasteiger partial charge in [0.2, 0.25) is 17.8 Å². The standard InChI is InChI=1S/C17H23N5O2/c23-15-13-4-1-2-5-14(13)16(24)22(15)12-20-8-10-21(11-9-20)17-18-6-3-7-19-17/h3,6-7,13-14H,1-2,4-5,8-12H2. The number of imide groups is 1. The Morgan fingerprint density at radius 1 is 0.917 bits per heavy atom. The van der Waals surface area contributed by atoms with E-state index < -0.39 is 0 Å². The van der Waals surface area contributed by atoms with Crippen molar-refractivity contribution in [2.45, 2.75) is 25.7 Å². The van der Waals surface area contributed by atoms with Gasteiger partial charge >= 0.3 is 0 Å². The highest BCUT2D eigenvalue weighted by Gasteiger charge is 2.48. The van der Waals surface area contributed by atoms with Crippen molar-refractivity contribution < 1.29 is 9.59 Å². The topological polar surface area (TPSA) is 69.6 Å². The van der Waals surface area contributed by atoms with E-state index in [4.69, 9.17) is 0 Å². The Hall–Kier alpha value is -2.02. The summed E-state index contributed by atoms with van der Waals surface area (Å²) in [5, 5.41) is 0. The molecule has 2 atom stereocenters. The Morgan fingerprint density at radius 2 is 1.50 bits per heavy atom. The minimum absolute atomic E-state index is 0.0507. The molecular weight excluding hydrogens is 306 g/mol. The highest BCUT2D eigenvalue weighted by atomic mass is 16.2. The molecule has 0 aromatic carbocycles. The summed E-state index contributed by atoms with van der Waals surface area (Å²) < 4.78 is 0. The van der Waals surface area contributed by atoms with Crippen molar-refractivity contribution in [1.29, 1.82) is 0 Å². The summed E-state index contributed by atoms with van der Waals surface area (Å²) in [6, 6.07) is 1.81. The molecule has 24 heavy (non-hydrogen) atoms. The second-order valence-electron chi connectivity index (χ2n) is 6.90. The summed E-state index contributed by atoms with van der Waals surface area (Å²) in [6.45, 7) is 3.68. The average Bonchev–Trinajstić information content (AvgIpc) is 2.88. The smallest absolute Gasteiger partial charge is 0.234 e. The van der Waals surface area contributed by atoms with Gasteiger partial charge in [-0.05, 0) is 18.9 Å². The first-order chi connectivity index (χ1) is 11.7. The number of piperazine rings is 1. The molecule has 4 rings (SSSR count). The molecule has 0 radical (unpaired) electrons. The third-order valence-corrected chi connectivity index (χ3v) is 5.48. The van der Waals surface area contributed by atoms with E-state index in [1.165, 1.54) is 4.90 Å². The molecule has 2 saturated heterocycles. The van der Waals surface area contributed by atoms with Gasteiger partial charge < -0.3 is 4.90 Å². The molecule has 1 aromatic heterocycles. The van der Waals surface area contributed by atoms with Gasteiger partial charge in [-0.2, -0.15) is 0 Å². The van der Waals surface area contributed by atoms with Crippen molar-refractivity contribution >= 4 is 17.8 Å². The Balaban J connectivity index is 1.35. The predicted octanol–water partition coefficient (Wildman–Crippen LogP) is 0.731. The van der Waals surface area contributed by atoms with Crippen molar-refractivity contribution in [3.63, 3.8) is 0 Å². The minimum atomic E-state index is -0.0507. The first-order valence-corrected chi connectivity index (χ1v) is 8.83. The van der Waals surface area contributed by atoms with Crippen LogP contribution in [0.5, 0.6) is 0 Å². The van der Waals surface area contributed by atoms with Crippen molar-refractivity contribution in [1.82, 2.24) is 19.8 Å². The van der Waals surface area contributed by atoms with Gasteiger partial charge in [-0.1, -0.05) is 12.8 Å². The van der Waals surface area contributed by atoms with Gasteiger partial charge in [-0.15, -0.1) is 0 Å². The fraction of sp³-hybridized carbons (Fsp3) is 0.647. The maximum atomic E-state index is 12.6. The monoisotopic (exact) mass is 329 g/mol. The Morgan fingerprint density at radius 3 is 2.08 bits per heavy atom. The number of aromatic nitrogens is 2. The van der Waals surface area contributed by atoms with Crippen LogP contribution in [0, 0.1) is 11.8 Å². The molecule has 1 aromatic rings. The molecule has 1 aliphatic carbocycles. The van der Waals surface area contributed by atoms with E-state index in [1.54, 1.807) is 12.4 Å². The molecule has 3 heterocycles. The number of amides is 2. The lowest BCUT2D eigenvalue weighted by atomic mass is 9.81. The summed E-state index contributed by atoms with van der Waals surface area (Å²) in [4.78, 5) is 39.5. The van der Waals surface area contributed by atoms with Crippen molar-refractivity contribution in [3.05, 3.63) is 18.5 Å². The number of anilines is 1. The van der Waals surface area contributed by atoms with Gasteiger partial charge in [0, 0.05) is 38.6 Å². The van der Waals surface area contributed by atoms with Crippen LogP contribution in [0.1, 0.15) is 25.7 Å². The number of fused-ring (bicyclic) bond motifs is 1. The first kappa shape index (κ1) is 15.5. The molecule has 2 amide bonds. The summed E-state index contributed by atoms with van der Waals surface area (Å²) in [6.07, 6.45) is 7.40.